The minimum Gasteiger partial charge on any atom is -0.310 e. The molecule has 3 nitrogen and oxygen atoms in total. The van der Waals surface area contributed by atoms with Gasteiger partial charge in [-0.25, -0.2) is 8.42 Å². The number of aryl methyl sites for hydroxylation is 1. The number of para-hydroxylation sites is 1. The molecule has 1 aromatic heterocycles. The van der Waals surface area contributed by atoms with Crippen LogP contribution in [0, 0.1) is 6.92 Å². The Hall–Kier alpha value is -4.19. The molecule has 43 heavy (non-hydrogen) atoms. The van der Waals surface area contributed by atoms with Gasteiger partial charge in [0.05, 0.1) is 15.3 Å². The van der Waals surface area contributed by atoms with E-state index in [0.717, 1.165) is 34.0 Å². The van der Waals surface area contributed by atoms with Crippen LogP contribution in [-0.4, -0.2) is 13.0 Å². The number of benzene rings is 5. The number of fused-ring (bicyclic) bond motifs is 6. The van der Waals surface area contributed by atoms with Gasteiger partial charge in [-0.2, -0.15) is 0 Å². The van der Waals surface area contributed by atoms with Crippen LogP contribution in [-0.2, 0) is 22.7 Å². The third kappa shape index (κ3) is 4.25. The van der Waals surface area contributed by atoms with Crippen LogP contribution in [0.3, 0.4) is 0 Å². The van der Waals surface area contributed by atoms with Crippen LogP contribution < -0.4 is 0 Å². The summed E-state index contributed by atoms with van der Waals surface area (Å²) in [5.41, 5.74) is 11.5. The number of nitrogens with zero attached hydrogens (tertiary/aromatic N) is 1. The van der Waals surface area contributed by atoms with Gasteiger partial charge in [-0.15, -0.1) is 0 Å². The summed E-state index contributed by atoms with van der Waals surface area (Å²) in [5, 5.41) is 1.28. The van der Waals surface area contributed by atoms with Crippen molar-refractivity contribution in [2.75, 3.05) is 0 Å². The molecule has 1 unspecified atom stereocenters. The predicted molar refractivity (Wildman–Crippen MR) is 178 cm³/mol. The molecule has 6 aromatic rings. The predicted octanol–water partition coefficient (Wildman–Crippen LogP) is 9.46. The molecule has 1 atom stereocenters. The van der Waals surface area contributed by atoms with E-state index < -0.39 is 9.84 Å². The zero-order chi connectivity index (χ0) is 29.3. The monoisotopic (exact) mass is 641 g/mol. The summed E-state index contributed by atoms with van der Waals surface area (Å²) in [6.45, 7) is 2.12. The fourth-order valence-electron chi connectivity index (χ4n) is 6.82. The number of sulfone groups is 1. The Labute approximate surface area is 260 Å². The van der Waals surface area contributed by atoms with Crippen LogP contribution in [0.4, 0.5) is 0 Å². The highest BCUT2D eigenvalue weighted by molar-refractivity contribution is 9.10. The molecule has 0 bridgehead atoms. The lowest BCUT2D eigenvalue weighted by Gasteiger charge is -2.20. The van der Waals surface area contributed by atoms with Crippen molar-refractivity contribution in [2.45, 2.75) is 35.5 Å². The average Bonchev–Trinajstić information content (AvgIpc) is 3.57. The average molecular weight is 643 g/mol. The molecule has 2 aliphatic rings. The minimum atomic E-state index is -3.69. The van der Waals surface area contributed by atoms with Crippen molar-refractivity contribution < 1.29 is 8.42 Å². The standard InChI is InChI=1S/C38H28BrNO2S/c1-24-9-16-30(17-10-24)40-35-7-3-2-6-32(35)34-23-26(13-20-36(34)40)25-11-12-27-21-28-5-4-8-37(38(28)33(27)22-25)43(41,42)31-18-14-29(39)15-19-31/h2-20,22,26H,21,23H2,1H3. The zero-order valence-corrected chi connectivity index (χ0v) is 26.0. The van der Waals surface area contributed by atoms with Crippen LogP contribution >= 0.6 is 15.9 Å². The molecular weight excluding hydrogens is 614 g/mol. The lowest BCUT2D eigenvalue weighted by molar-refractivity contribution is 0.596. The van der Waals surface area contributed by atoms with Gasteiger partial charge in [0.25, 0.3) is 0 Å². The molecule has 210 valence electrons. The van der Waals surface area contributed by atoms with E-state index in [4.69, 9.17) is 0 Å². The first kappa shape index (κ1) is 26.4. The van der Waals surface area contributed by atoms with E-state index in [0.29, 0.717) is 9.79 Å². The second-order valence-electron chi connectivity index (χ2n) is 11.6. The summed E-state index contributed by atoms with van der Waals surface area (Å²) in [5.74, 6) is 0.189. The Kier molecular flexibility index (Phi) is 6.11. The van der Waals surface area contributed by atoms with Gasteiger partial charge in [0.1, 0.15) is 0 Å². The molecule has 1 heterocycles. The Morgan fingerprint density at radius 1 is 0.814 bits per heavy atom. The lowest BCUT2D eigenvalue weighted by Crippen LogP contribution is -2.08. The van der Waals surface area contributed by atoms with Crippen molar-refractivity contribution in [1.82, 2.24) is 4.57 Å². The molecule has 0 fully saturated rings. The van der Waals surface area contributed by atoms with Crippen molar-refractivity contribution >= 4 is 42.7 Å². The maximum Gasteiger partial charge on any atom is 0.207 e. The van der Waals surface area contributed by atoms with E-state index >= 15 is 0 Å². The number of allylic oxidation sites excluding steroid dienone is 1. The van der Waals surface area contributed by atoms with Gasteiger partial charge < -0.3 is 4.57 Å². The van der Waals surface area contributed by atoms with E-state index in [-0.39, 0.29) is 5.92 Å². The summed E-state index contributed by atoms with van der Waals surface area (Å²) >= 11 is 3.42. The highest BCUT2D eigenvalue weighted by Gasteiger charge is 2.30. The summed E-state index contributed by atoms with van der Waals surface area (Å²) in [6.07, 6.45) is 6.21. The van der Waals surface area contributed by atoms with Crippen molar-refractivity contribution in [3.05, 3.63) is 153 Å². The lowest BCUT2D eigenvalue weighted by atomic mass is 9.85. The topological polar surface area (TPSA) is 39.1 Å². The van der Waals surface area contributed by atoms with Gasteiger partial charge in [0.2, 0.25) is 9.84 Å². The van der Waals surface area contributed by atoms with E-state index in [9.17, 15) is 8.42 Å². The Morgan fingerprint density at radius 3 is 2.42 bits per heavy atom. The maximum absolute atomic E-state index is 13.9. The van der Waals surface area contributed by atoms with Gasteiger partial charge in [0, 0.05) is 32.7 Å². The summed E-state index contributed by atoms with van der Waals surface area (Å²) in [4.78, 5) is 0.687. The Morgan fingerprint density at radius 2 is 1.60 bits per heavy atom. The van der Waals surface area contributed by atoms with Crippen LogP contribution in [0.15, 0.2) is 130 Å². The molecule has 5 heteroatoms. The highest BCUT2D eigenvalue weighted by Crippen LogP contribution is 2.45. The number of halogens is 1. The van der Waals surface area contributed by atoms with Crippen molar-refractivity contribution in [1.29, 1.82) is 0 Å². The van der Waals surface area contributed by atoms with Crippen LogP contribution in [0.25, 0.3) is 33.8 Å². The van der Waals surface area contributed by atoms with Gasteiger partial charge >= 0.3 is 0 Å². The molecule has 0 spiro atoms. The normalized spacial score (nSPS) is 15.3. The number of rotatable bonds is 4. The van der Waals surface area contributed by atoms with Gasteiger partial charge in [-0.3, -0.25) is 0 Å². The molecular formula is C38H28BrNO2S. The molecule has 0 radical (unpaired) electrons. The van der Waals surface area contributed by atoms with Crippen LogP contribution in [0.1, 0.15) is 39.4 Å². The fourth-order valence-corrected chi connectivity index (χ4v) is 8.60. The summed E-state index contributed by atoms with van der Waals surface area (Å²) in [7, 11) is -3.69. The third-order valence-corrected chi connectivity index (χ3v) is 11.3. The van der Waals surface area contributed by atoms with Crippen molar-refractivity contribution in [2.24, 2.45) is 0 Å². The second kappa shape index (κ2) is 9.94. The largest absolute Gasteiger partial charge is 0.310 e. The van der Waals surface area contributed by atoms with E-state index in [1.54, 1.807) is 30.3 Å². The van der Waals surface area contributed by atoms with Crippen LogP contribution in [0.2, 0.25) is 0 Å². The summed E-state index contributed by atoms with van der Waals surface area (Å²) in [6, 6.07) is 36.6. The number of hydrogen-bond acceptors (Lipinski definition) is 2. The number of hydrogen-bond donors (Lipinski definition) is 0. The molecule has 8 rings (SSSR count). The van der Waals surface area contributed by atoms with Gasteiger partial charge in [-0.1, -0.05) is 88.2 Å². The van der Waals surface area contributed by atoms with Crippen molar-refractivity contribution in [3.8, 4) is 16.8 Å². The molecule has 0 amide bonds. The first-order valence-corrected chi connectivity index (χ1v) is 16.8. The highest BCUT2D eigenvalue weighted by atomic mass is 79.9. The van der Waals surface area contributed by atoms with E-state index in [1.165, 1.54) is 44.5 Å². The summed E-state index contributed by atoms with van der Waals surface area (Å²) < 4.78 is 31.0. The quantitative estimate of drug-likeness (QED) is 0.192. The van der Waals surface area contributed by atoms with E-state index in [2.05, 4.69) is 112 Å². The Balaban J connectivity index is 1.21. The first-order valence-electron chi connectivity index (χ1n) is 14.5. The molecule has 0 N–H and O–H groups in total. The van der Waals surface area contributed by atoms with Crippen molar-refractivity contribution in [3.63, 3.8) is 0 Å². The number of aromatic nitrogens is 1. The SMILES string of the molecule is Cc1ccc(-n2c3c(c4ccccc42)CC(c2ccc4c(c2)-c2c(cccc2S(=O)(=O)c2ccc(Br)cc2)C4)C=C3)cc1. The molecule has 0 aliphatic heterocycles. The Bertz CT molecular complexity index is 2210. The second-order valence-corrected chi connectivity index (χ2v) is 14.4. The molecule has 0 saturated carbocycles. The van der Waals surface area contributed by atoms with Crippen LogP contribution in [0.5, 0.6) is 0 Å². The third-order valence-electron chi connectivity index (χ3n) is 8.96. The van der Waals surface area contributed by atoms with Gasteiger partial charge in [0.15, 0.2) is 0 Å². The first-order chi connectivity index (χ1) is 20.9. The fraction of sp³-hybridized carbons (Fsp3) is 0.105. The van der Waals surface area contributed by atoms with Gasteiger partial charge in [-0.05, 0) is 102 Å². The molecule has 5 aromatic carbocycles. The minimum absolute atomic E-state index is 0.189. The molecule has 2 aliphatic carbocycles. The van der Waals surface area contributed by atoms with E-state index in [1.807, 2.05) is 6.07 Å². The zero-order valence-electron chi connectivity index (χ0n) is 23.6. The maximum atomic E-state index is 13.9. The smallest absolute Gasteiger partial charge is 0.207 e. The molecule has 0 saturated heterocycles.